The maximum Gasteiger partial charge on any atom is 0.274 e. The first-order chi connectivity index (χ1) is 10.2. The van der Waals surface area contributed by atoms with Crippen molar-refractivity contribution < 1.29 is 4.79 Å². The van der Waals surface area contributed by atoms with Crippen LogP contribution in [0.2, 0.25) is 0 Å². The van der Waals surface area contributed by atoms with E-state index in [1.54, 1.807) is 17.0 Å². The van der Waals surface area contributed by atoms with Crippen LogP contribution in [0.3, 0.4) is 0 Å². The zero-order chi connectivity index (χ0) is 15.1. The van der Waals surface area contributed by atoms with Crippen LogP contribution in [-0.4, -0.2) is 34.1 Å². The molecule has 0 bridgehead atoms. The first kappa shape index (κ1) is 15.0. The van der Waals surface area contributed by atoms with Gasteiger partial charge in [0.15, 0.2) is 5.69 Å². The lowest BCUT2D eigenvalue weighted by atomic mass is 10.2. The maximum absolute atomic E-state index is 12.5. The topological polar surface area (TPSA) is 58.1 Å². The molecule has 0 aliphatic heterocycles. The largest absolute Gasteiger partial charge is 0.369 e. The van der Waals surface area contributed by atoms with Gasteiger partial charge in [0.25, 0.3) is 5.91 Å². The fourth-order valence-electron chi connectivity index (χ4n) is 2.01. The molecule has 5 nitrogen and oxygen atoms in total. The van der Waals surface area contributed by atoms with Crippen LogP contribution in [-0.2, 0) is 6.54 Å². The van der Waals surface area contributed by atoms with Crippen molar-refractivity contribution in [2.24, 2.45) is 0 Å². The van der Waals surface area contributed by atoms with Crippen LogP contribution in [0.5, 0.6) is 0 Å². The van der Waals surface area contributed by atoms with Crippen molar-refractivity contribution in [3.63, 3.8) is 0 Å². The van der Waals surface area contributed by atoms with Crippen molar-refractivity contribution in [2.45, 2.75) is 20.4 Å². The summed E-state index contributed by atoms with van der Waals surface area (Å²) in [7, 11) is 0. The third kappa shape index (κ3) is 4.02. The number of anilines is 1. The van der Waals surface area contributed by atoms with Gasteiger partial charge in [-0.3, -0.25) is 4.79 Å². The van der Waals surface area contributed by atoms with Gasteiger partial charge in [0.1, 0.15) is 5.82 Å². The van der Waals surface area contributed by atoms with Crippen LogP contribution in [0.25, 0.3) is 0 Å². The normalized spacial score (nSPS) is 10.2. The Morgan fingerprint density at radius 3 is 2.43 bits per heavy atom. The molecule has 0 atom stereocenters. The molecular weight excluding hydrogens is 264 g/mol. The van der Waals surface area contributed by atoms with E-state index in [0.717, 1.165) is 12.1 Å². The van der Waals surface area contributed by atoms with Crippen molar-refractivity contribution in [3.05, 3.63) is 53.7 Å². The number of nitrogens with zero attached hydrogens (tertiary/aromatic N) is 3. The molecule has 1 amide bonds. The predicted molar refractivity (Wildman–Crippen MR) is 83.1 cm³/mol. The summed E-state index contributed by atoms with van der Waals surface area (Å²) in [5.74, 6) is 0.581. The molecule has 1 heterocycles. The van der Waals surface area contributed by atoms with E-state index in [1.165, 1.54) is 0 Å². The van der Waals surface area contributed by atoms with E-state index in [1.807, 2.05) is 44.2 Å². The fourth-order valence-corrected chi connectivity index (χ4v) is 2.01. The first-order valence-corrected chi connectivity index (χ1v) is 7.15. The van der Waals surface area contributed by atoms with Crippen LogP contribution < -0.4 is 5.32 Å². The minimum Gasteiger partial charge on any atom is -0.369 e. The Labute approximate surface area is 125 Å². The molecule has 0 unspecified atom stereocenters. The number of hydrogen-bond donors (Lipinski definition) is 1. The quantitative estimate of drug-likeness (QED) is 0.885. The minimum atomic E-state index is -0.100. The fraction of sp³-hybridized carbons (Fsp3) is 0.312. The molecule has 1 N–H and O–H groups in total. The molecule has 0 spiro atoms. The first-order valence-electron chi connectivity index (χ1n) is 7.15. The number of aromatic nitrogens is 2. The molecule has 1 aromatic carbocycles. The summed E-state index contributed by atoms with van der Waals surface area (Å²) in [6, 6.07) is 13.4. The van der Waals surface area contributed by atoms with Crippen molar-refractivity contribution in [2.75, 3.05) is 18.4 Å². The molecule has 0 aliphatic carbocycles. The lowest BCUT2D eigenvalue weighted by Crippen LogP contribution is -2.31. The van der Waals surface area contributed by atoms with Gasteiger partial charge >= 0.3 is 0 Å². The molecule has 0 aliphatic rings. The van der Waals surface area contributed by atoms with E-state index in [4.69, 9.17) is 0 Å². The number of nitrogens with one attached hydrogen (secondary N) is 1. The van der Waals surface area contributed by atoms with Crippen molar-refractivity contribution in [1.82, 2.24) is 15.1 Å². The van der Waals surface area contributed by atoms with Gasteiger partial charge in [0.05, 0.1) is 0 Å². The van der Waals surface area contributed by atoms with Crippen molar-refractivity contribution in [3.8, 4) is 0 Å². The highest BCUT2D eigenvalue weighted by atomic mass is 16.2. The SMILES string of the molecule is CCNc1ccc(C(=O)N(CC)Cc2ccccc2)nn1. The standard InChI is InChI=1S/C16H20N4O/c1-3-17-15-11-10-14(18-19-15)16(21)20(4-2)12-13-8-6-5-7-9-13/h5-11H,3-4,12H2,1-2H3,(H,17,19). The molecule has 0 fully saturated rings. The number of carbonyl (C=O) groups is 1. The zero-order valence-corrected chi connectivity index (χ0v) is 12.4. The average molecular weight is 284 g/mol. The van der Waals surface area contributed by atoms with Crippen LogP contribution in [0.15, 0.2) is 42.5 Å². The Morgan fingerprint density at radius 2 is 1.86 bits per heavy atom. The van der Waals surface area contributed by atoms with Gasteiger partial charge in [-0.05, 0) is 31.5 Å². The van der Waals surface area contributed by atoms with E-state index >= 15 is 0 Å². The molecular formula is C16H20N4O. The Balaban J connectivity index is 2.08. The number of amides is 1. The average Bonchev–Trinajstić information content (AvgIpc) is 2.54. The summed E-state index contributed by atoms with van der Waals surface area (Å²) in [5.41, 5.74) is 1.47. The van der Waals surface area contributed by atoms with E-state index in [9.17, 15) is 4.79 Å². The van der Waals surface area contributed by atoms with Gasteiger partial charge in [-0.2, -0.15) is 0 Å². The summed E-state index contributed by atoms with van der Waals surface area (Å²) in [4.78, 5) is 14.2. The highest BCUT2D eigenvalue weighted by Crippen LogP contribution is 2.09. The van der Waals surface area contributed by atoms with E-state index in [0.29, 0.717) is 24.6 Å². The number of rotatable bonds is 6. The molecule has 0 saturated carbocycles. The van der Waals surface area contributed by atoms with Crippen LogP contribution >= 0.6 is 0 Å². The molecule has 5 heteroatoms. The third-order valence-corrected chi connectivity index (χ3v) is 3.13. The van der Waals surface area contributed by atoms with Gasteiger partial charge in [-0.25, -0.2) is 0 Å². The number of benzene rings is 1. The Morgan fingerprint density at radius 1 is 1.10 bits per heavy atom. The van der Waals surface area contributed by atoms with Gasteiger partial charge in [-0.15, -0.1) is 10.2 Å². The lowest BCUT2D eigenvalue weighted by Gasteiger charge is -2.20. The molecule has 0 radical (unpaired) electrons. The van der Waals surface area contributed by atoms with Crippen LogP contribution in [0, 0.1) is 0 Å². The summed E-state index contributed by atoms with van der Waals surface area (Å²) in [6.07, 6.45) is 0. The number of hydrogen-bond acceptors (Lipinski definition) is 4. The second kappa shape index (κ2) is 7.38. The van der Waals surface area contributed by atoms with E-state index < -0.39 is 0 Å². The second-order valence-electron chi connectivity index (χ2n) is 4.64. The van der Waals surface area contributed by atoms with Gasteiger partial charge in [0, 0.05) is 19.6 Å². The summed E-state index contributed by atoms with van der Waals surface area (Å²) in [5, 5.41) is 11.1. The zero-order valence-electron chi connectivity index (χ0n) is 12.4. The maximum atomic E-state index is 12.5. The molecule has 0 saturated heterocycles. The summed E-state index contributed by atoms with van der Waals surface area (Å²) in [6.45, 7) is 5.93. The van der Waals surface area contributed by atoms with Gasteiger partial charge in [-0.1, -0.05) is 30.3 Å². The summed E-state index contributed by atoms with van der Waals surface area (Å²) < 4.78 is 0. The monoisotopic (exact) mass is 284 g/mol. The molecule has 110 valence electrons. The van der Waals surface area contributed by atoms with E-state index in [-0.39, 0.29) is 5.91 Å². The van der Waals surface area contributed by atoms with Gasteiger partial charge < -0.3 is 10.2 Å². The summed E-state index contributed by atoms with van der Waals surface area (Å²) >= 11 is 0. The Kier molecular flexibility index (Phi) is 5.26. The minimum absolute atomic E-state index is 0.100. The molecule has 2 aromatic rings. The predicted octanol–water partition coefficient (Wildman–Crippen LogP) is 2.57. The molecule has 1 aromatic heterocycles. The third-order valence-electron chi connectivity index (χ3n) is 3.13. The Bertz CT molecular complexity index is 569. The van der Waals surface area contributed by atoms with Crippen molar-refractivity contribution >= 4 is 11.7 Å². The molecule has 21 heavy (non-hydrogen) atoms. The lowest BCUT2D eigenvalue weighted by molar-refractivity contribution is 0.0745. The van der Waals surface area contributed by atoms with Crippen LogP contribution in [0.4, 0.5) is 5.82 Å². The second-order valence-corrected chi connectivity index (χ2v) is 4.64. The highest BCUT2D eigenvalue weighted by Gasteiger charge is 2.16. The highest BCUT2D eigenvalue weighted by molar-refractivity contribution is 5.92. The van der Waals surface area contributed by atoms with Crippen molar-refractivity contribution in [1.29, 1.82) is 0 Å². The van der Waals surface area contributed by atoms with E-state index in [2.05, 4.69) is 15.5 Å². The molecule has 2 rings (SSSR count). The van der Waals surface area contributed by atoms with Crippen LogP contribution in [0.1, 0.15) is 29.9 Å². The van der Waals surface area contributed by atoms with Gasteiger partial charge in [0.2, 0.25) is 0 Å². The smallest absolute Gasteiger partial charge is 0.274 e. The Hall–Kier alpha value is -2.43. The number of carbonyl (C=O) groups excluding carboxylic acids is 1.